The van der Waals surface area contributed by atoms with Crippen LogP contribution in [-0.4, -0.2) is 36.3 Å². The Morgan fingerprint density at radius 2 is 1.96 bits per heavy atom. The molecule has 1 saturated heterocycles. The summed E-state index contributed by atoms with van der Waals surface area (Å²) in [6.07, 6.45) is 1.93. The fourth-order valence-corrected chi connectivity index (χ4v) is 2.68. The fraction of sp³-hybridized carbons (Fsp3) is 0.438. The SMILES string of the molecule is CCCC[C@]1(c2ccc(F)cc2)NC(=O)N(CC(=O)NC)C1=O. The van der Waals surface area contributed by atoms with Gasteiger partial charge in [-0.3, -0.25) is 14.5 Å². The Bertz CT molecular complexity index is 618. The zero-order valence-electron chi connectivity index (χ0n) is 13.2. The number of hydrogen-bond donors (Lipinski definition) is 2. The van der Waals surface area contributed by atoms with Gasteiger partial charge in [-0.2, -0.15) is 0 Å². The van der Waals surface area contributed by atoms with Gasteiger partial charge in [0.15, 0.2) is 0 Å². The van der Waals surface area contributed by atoms with Gasteiger partial charge in [-0.05, 0) is 24.1 Å². The van der Waals surface area contributed by atoms with Crippen molar-refractivity contribution in [3.05, 3.63) is 35.6 Å². The molecule has 1 aromatic carbocycles. The molecule has 1 fully saturated rings. The van der Waals surface area contributed by atoms with E-state index in [9.17, 15) is 18.8 Å². The van der Waals surface area contributed by atoms with Crippen LogP contribution < -0.4 is 10.6 Å². The Balaban J connectivity index is 2.39. The summed E-state index contributed by atoms with van der Waals surface area (Å²) in [5.74, 6) is -1.33. The molecule has 0 unspecified atom stereocenters. The van der Waals surface area contributed by atoms with Crippen molar-refractivity contribution in [2.75, 3.05) is 13.6 Å². The number of rotatable bonds is 6. The molecular formula is C16H20FN3O3. The second-order valence-corrected chi connectivity index (χ2v) is 5.51. The van der Waals surface area contributed by atoms with Crippen molar-refractivity contribution < 1.29 is 18.8 Å². The lowest BCUT2D eigenvalue weighted by molar-refractivity contribution is -0.135. The van der Waals surface area contributed by atoms with Crippen molar-refractivity contribution >= 4 is 17.8 Å². The normalized spacial score (nSPS) is 20.6. The van der Waals surface area contributed by atoms with Gasteiger partial charge in [0.1, 0.15) is 17.9 Å². The van der Waals surface area contributed by atoms with E-state index in [0.29, 0.717) is 18.4 Å². The highest BCUT2D eigenvalue weighted by molar-refractivity contribution is 6.09. The number of benzene rings is 1. The molecule has 4 amide bonds. The van der Waals surface area contributed by atoms with E-state index < -0.39 is 29.2 Å². The molecule has 23 heavy (non-hydrogen) atoms. The maximum absolute atomic E-state index is 13.2. The van der Waals surface area contributed by atoms with Gasteiger partial charge in [-0.1, -0.05) is 31.9 Å². The van der Waals surface area contributed by atoms with E-state index in [1.807, 2.05) is 6.92 Å². The van der Waals surface area contributed by atoms with Gasteiger partial charge in [-0.15, -0.1) is 0 Å². The standard InChI is InChI=1S/C16H20FN3O3/c1-3-4-9-16(11-5-7-12(17)8-6-11)14(22)20(15(23)19-16)10-13(21)18-2/h5-8H,3-4,9-10H2,1-2H3,(H,18,21)(H,19,23)/t16-/m1/s1. The first-order chi connectivity index (χ1) is 10.9. The minimum atomic E-state index is -1.24. The molecule has 0 spiro atoms. The van der Waals surface area contributed by atoms with Crippen molar-refractivity contribution in [1.82, 2.24) is 15.5 Å². The maximum Gasteiger partial charge on any atom is 0.325 e. The van der Waals surface area contributed by atoms with Gasteiger partial charge in [0.2, 0.25) is 5.91 Å². The van der Waals surface area contributed by atoms with Crippen molar-refractivity contribution in [3.8, 4) is 0 Å². The number of hydrogen-bond acceptors (Lipinski definition) is 3. The van der Waals surface area contributed by atoms with Gasteiger partial charge < -0.3 is 10.6 Å². The number of urea groups is 1. The number of imide groups is 1. The summed E-state index contributed by atoms with van der Waals surface area (Å²) >= 11 is 0. The van der Waals surface area contributed by atoms with E-state index in [1.165, 1.54) is 31.3 Å². The van der Waals surface area contributed by atoms with E-state index in [0.717, 1.165) is 11.3 Å². The number of carbonyl (C=O) groups excluding carboxylic acids is 3. The Hall–Kier alpha value is -2.44. The number of halogens is 1. The van der Waals surface area contributed by atoms with Crippen LogP contribution in [0.2, 0.25) is 0 Å². The van der Waals surface area contributed by atoms with Gasteiger partial charge >= 0.3 is 6.03 Å². The van der Waals surface area contributed by atoms with Crippen LogP contribution in [-0.2, 0) is 15.1 Å². The van der Waals surface area contributed by atoms with Gasteiger partial charge in [0.25, 0.3) is 5.91 Å². The molecule has 1 aromatic rings. The molecule has 6 nitrogen and oxygen atoms in total. The molecule has 0 saturated carbocycles. The van der Waals surface area contributed by atoms with Crippen molar-refractivity contribution in [1.29, 1.82) is 0 Å². The summed E-state index contributed by atoms with van der Waals surface area (Å²) < 4.78 is 13.2. The third kappa shape index (κ3) is 3.18. The molecule has 1 heterocycles. The Morgan fingerprint density at radius 3 is 2.52 bits per heavy atom. The Morgan fingerprint density at radius 1 is 1.30 bits per heavy atom. The van der Waals surface area contributed by atoms with Crippen LogP contribution in [0.1, 0.15) is 31.7 Å². The van der Waals surface area contributed by atoms with Crippen molar-refractivity contribution in [2.45, 2.75) is 31.7 Å². The average Bonchev–Trinajstić information content (AvgIpc) is 2.78. The van der Waals surface area contributed by atoms with E-state index in [4.69, 9.17) is 0 Å². The van der Waals surface area contributed by atoms with Crippen LogP contribution in [0.25, 0.3) is 0 Å². The Kier molecular flexibility index (Phi) is 4.98. The molecule has 0 bridgehead atoms. The van der Waals surface area contributed by atoms with E-state index in [1.54, 1.807) is 0 Å². The number of carbonyl (C=O) groups is 3. The van der Waals surface area contributed by atoms with Crippen LogP contribution in [0.4, 0.5) is 9.18 Å². The number of amides is 4. The molecule has 0 aromatic heterocycles. The molecule has 7 heteroatoms. The lowest BCUT2D eigenvalue weighted by Gasteiger charge is -2.27. The smallest absolute Gasteiger partial charge is 0.325 e. The van der Waals surface area contributed by atoms with Crippen molar-refractivity contribution in [2.24, 2.45) is 0 Å². The Labute approximate surface area is 134 Å². The largest absolute Gasteiger partial charge is 0.358 e. The first-order valence-electron chi connectivity index (χ1n) is 7.55. The van der Waals surface area contributed by atoms with Gasteiger partial charge in [0, 0.05) is 7.05 Å². The molecule has 2 rings (SSSR count). The lowest BCUT2D eigenvalue weighted by Crippen LogP contribution is -2.45. The van der Waals surface area contributed by atoms with Crippen LogP contribution in [0.5, 0.6) is 0 Å². The summed E-state index contributed by atoms with van der Waals surface area (Å²) in [6, 6.07) is 4.88. The van der Waals surface area contributed by atoms with Gasteiger partial charge in [-0.25, -0.2) is 9.18 Å². The molecule has 2 N–H and O–H groups in total. The molecule has 1 aliphatic heterocycles. The number of nitrogens with one attached hydrogen (secondary N) is 2. The molecule has 0 aliphatic carbocycles. The number of unbranched alkanes of at least 4 members (excludes halogenated alkanes) is 1. The van der Waals surface area contributed by atoms with Crippen LogP contribution >= 0.6 is 0 Å². The van der Waals surface area contributed by atoms with E-state index in [-0.39, 0.29) is 6.54 Å². The number of likely N-dealkylation sites (N-methyl/N-ethyl adjacent to an activating group) is 1. The topological polar surface area (TPSA) is 78.5 Å². The third-order valence-corrected chi connectivity index (χ3v) is 4.00. The van der Waals surface area contributed by atoms with Crippen molar-refractivity contribution in [3.63, 3.8) is 0 Å². The van der Waals surface area contributed by atoms with Crippen LogP contribution in [0.15, 0.2) is 24.3 Å². The monoisotopic (exact) mass is 321 g/mol. The molecular weight excluding hydrogens is 301 g/mol. The summed E-state index contributed by atoms with van der Waals surface area (Å²) in [6.45, 7) is 1.64. The molecule has 124 valence electrons. The van der Waals surface area contributed by atoms with E-state index >= 15 is 0 Å². The third-order valence-electron chi connectivity index (χ3n) is 4.00. The second-order valence-electron chi connectivity index (χ2n) is 5.51. The van der Waals surface area contributed by atoms with Crippen LogP contribution in [0.3, 0.4) is 0 Å². The minimum Gasteiger partial charge on any atom is -0.358 e. The summed E-state index contributed by atoms with van der Waals surface area (Å²) in [4.78, 5) is 37.5. The summed E-state index contributed by atoms with van der Waals surface area (Å²) in [7, 11) is 1.44. The molecule has 1 aliphatic rings. The quantitative estimate of drug-likeness (QED) is 0.780. The highest BCUT2D eigenvalue weighted by Gasteiger charge is 2.52. The zero-order chi connectivity index (χ0) is 17.0. The zero-order valence-corrected chi connectivity index (χ0v) is 13.2. The first-order valence-corrected chi connectivity index (χ1v) is 7.55. The second kappa shape index (κ2) is 6.76. The first kappa shape index (κ1) is 16.9. The molecule has 1 atom stereocenters. The minimum absolute atomic E-state index is 0.337. The average molecular weight is 321 g/mol. The molecule has 0 radical (unpaired) electrons. The van der Waals surface area contributed by atoms with E-state index in [2.05, 4.69) is 10.6 Å². The lowest BCUT2D eigenvalue weighted by atomic mass is 9.85. The predicted molar refractivity (Wildman–Crippen MR) is 81.9 cm³/mol. The maximum atomic E-state index is 13.2. The fourth-order valence-electron chi connectivity index (χ4n) is 2.68. The number of nitrogens with zero attached hydrogens (tertiary/aromatic N) is 1. The highest BCUT2D eigenvalue weighted by atomic mass is 19.1. The van der Waals surface area contributed by atoms with Crippen LogP contribution in [0, 0.1) is 5.82 Å². The highest BCUT2D eigenvalue weighted by Crippen LogP contribution is 2.34. The summed E-state index contributed by atoms with van der Waals surface area (Å²) in [5.41, 5.74) is -0.723. The predicted octanol–water partition coefficient (Wildman–Crippen LogP) is 1.51. The van der Waals surface area contributed by atoms with Gasteiger partial charge in [0.05, 0.1) is 0 Å². The summed E-state index contributed by atoms with van der Waals surface area (Å²) in [5, 5.41) is 5.09.